The molecule has 0 unspecified atom stereocenters. The molecule has 0 atom stereocenters. The predicted octanol–water partition coefficient (Wildman–Crippen LogP) is 6.03. The zero-order valence-corrected chi connectivity index (χ0v) is 15.0. The van der Waals surface area contributed by atoms with Crippen LogP contribution in [0.5, 0.6) is 0 Å². The fraction of sp³-hybridized carbons (Fsp3) is 0.286. The number of allylic oxidation sites excluding steroid dienone is 2. The van der Waals surface area contributed by atoms with Gasteiger partial charge in [-0.1, -0.05) is 36.4 Å². The Kier molecular flexibility index (Phi) is 5.38. The number of para-hydroxylation sites is 2. The highest BCUT2D eigenvalue weighted by molar-refractivity contribution is 5.96. The molecule has 0 radical (unpaired) electrons. The molecule has 2 rings (SSSR count). The summed E-state index contributed by atoms with van der Waals surface area (Å²) in [5.74, 6) is 0. The number of rotatable bonds is 4. The fourth-order valence-electron chi connectivity index (χ4n) is 2.75. The number of benzene rings is 2. The maximum Gasteiger partial charge on any atom is 0.0691 e. The van der Waals surface area contributed by atoms with E-state index in [1.807, 2.05) is 6.92 Å². The van der Waals surface area contributed by atoms with Crippen LogP contribution in [0.1, 0.15) is 36.1 Å². The van der Waals surface area contributed by atoms with Crippen molar-refractivity contribution in [1.29, 1.82) is 0 Å². The Labute approximate surface area is 140 Å². The molecule has 1 N–H and O–H groups in total. The SMILES string of the molecule is CC(=CC(C)=Nc1c(C)cccc1C)Nc1c(C)cccc1C. The molecule has 0 aliphatic heterocycles. The molecule has 0 saturated carbocycles. The lowest BCUT2D eigenvalue weighted by atomic mass is 10.1. The number of hydrogen-bond acceptors (Lipinski definition) is 2. The topological polar surface area (TPSA) is 24.4 Å². The normalized spacial score (nSPS) is 12.4. The largest absolute Gasteiger partial charge is 0.359 e. The van der Waals surface area contributed by atoms with Gasteiger partial charge in [-0.05, 0) is 69.9 Å². The third-order valence-corrected chi connectivity index (χ3v) is 3.96. The maximum atomic E-state index is 4.78. The number of aliphatic imine (C=N–C) groups is 1. The number of anilines is 1. The molecule has 0 heterocycles. The molecule has 0 spiro atoms. The fourth-order valence-corrected chi connectivity index (χ4v) is 2.75. The predicted molar refractivity (Wildman–Crippen MR) is 102 cm³/mol. The van der Waals surface area contributed by atoms with Gasteiger partial charge in [-0.2, -0.15) is 0 Å². The highest BCUT2D eigenvalue weighted by Crippen LogP contribution is 2.24. The minimum Gasteiger partial charge on any atom is -0.359 e. The first-order chi connectivity index (χ1) is 10.9. The lowest BCUT2D eigenvalue weighted by Gasteiger charge is -2.13. The van der Waals surface area contributed by atoms with Crippen molar-refractivity contribution in [2.75, 3.05) is 5.32 Å². The molecule has 120 valence electrons. The van der Waals surface area contributed by atoms with Crippen molar-refractivity contribution >= 4 is 17.1 Å². The Morgan fingerprint density at radius 2 is 1.30 bits per heavy atom. The second kappa shape index (κ2) is 7.28. The summed E-state index contributed by atoms with van der Waals surface area (Å²) in [7, 11) is 0. The van der Waals surface area contributed by atoms with E-state index < -0.39 is 0 Å². The molecule has 0 aliphatic carbocycles. The standard InChI is InChI=1S/C21H26N2/c1-14-9-7-10-15(2)20(14)22-18(5)13-19(6)23-21-16(3)11-8-12-17(21)4/h7-13,22H,1-6H3. The minimum atomic E-state index is 0.999. The van der Waals surface area contributed by atoms with Crippen LogP contribution in [-0.4, -0.2) is 5.71 Å². The van der Waals surface area contributed by atoms with E-state index >= 15 is 0 Å². The summed E-state index contributed by atoms with van der Waals surface area (Å²) >= 11 is 0. The van der Waals surface area contributed by atoms with E-state index in [9.17, 15) is 0 Å². The Morgan fingerprint density at radius 3 is 1.83 bits per heavy atom. The van der Waals surface area contributed by atoms with E-state index in [2.05, 4.69) is 82.4 Å². The average Bonchev–Trinajstić information content (AvgIpc) is 2.47. The van der Waals surface area contributed by atoms with Gasteiger partial charge in [0.2, 0.25) is 0 Å². The number of aryl methyl sites for hydroxylation is 4. The molecule has 2 aromatic carbocycles. The van der Waals surface area contributed by atoms with Crippen LogP contribution in [-0.2, 0) is 0 Å². The highest BCUT2D eigenvalue weighted by Gasteiger charge is 2.03. The molecule has 0 aromatic heterocycles. The van der Waals surface area contributed by atoms with Crippen molar-refractivity contribution in [3.05, 3.63) is 70.4 Å². The minimum absolute atomic E-state index is 0.999. The van der Waals surface area contributed by atoms with Crippen molar-refractivity contribution in [3.8, 4) is 0 Å². The Balaban J connectivity index is 2.25. The van der Waals surface area contributed by atoms with Gasteiger partial charge in [0.15, 0.2) is 0 Å². The molecule has 23 heavy (non-hydrogen) atoms. The summed E-state index contributed by atoms with van der Waals surface area (Å²) in [4.78, 5) is 4.78. The second-order valence-electron chi connectivity index (χ2n) is 6.21. The van der Waals surface area contributed by atoms with Gasteiger partial charge in [0.25, 0.3) is 0 Å². The van der Waals surface area contributed by atoms with Crippen molar-refractivity contribution in [2.45, 2.75) is 41.5 Å². The van der Waals surface area contributed by atoms with Gasteiger partial charge in [-0.15, -0.1) is 0 Å². The molecular weight excluding hydrogens is 280 g/mol. The van der Waals surface area contributed by atoms with Crippen molar-refractivity contribution in [2.24, 2.45) is 4.99 Å². The van der Waals surface area contributed by atoms with E-state index in [4.69, 9.17) is 4.99 Å². The highest BCUT2D eigenvalue weighted by atomic mass is 14.9. The Morgan fingerprint density at radius 1 is 0.826 bits per heavy atom. The number of nitrogens with one attached hydrogen (secondary N) is 1. The van der Waals surface area contributed by atoms with Gasteiger partial charge in [0, 0.05) is 17.1 Å². The van der Waals surface area contributed by atoms with Gasteiger partial charge < -0.3 is 5.32 Å². The van der Waals surface area contributed by atoms with Crippen LogP contribution in [0.15, 0.2) is 53.2 Å². The molecule has 0 saturated heterocycles. The smallest absolute Gasteiger partial charge is 0.0691 e. The first kappa shape index (κ1) is 17.0. The lowest BCUT2D eigenvalue weighted by molar-refractivity contribution is 1.29. The maximum absolute atomic E-state index is 4.78. The van der Waals surface area contributed by atoms with Crippen LogP contribution in [0.25, 0.3) is 0 Å². The monoisotopic (exact) mass is 306 g/mol. The van der Waals surface area contributed by atoms with E-state index in [1.165, 1.54) is 27.9 Å². The summed E-state index contributed by atoms with van der Waals surface area (Å²) in [6.45, 7) is 12.6. The third kappa shape index (κ3) is 4.32. The molecule has 2 heteroatoms. The lowest BCUT2D eigenvalue weighted by Crippen LogP contribution is -2.02. The first-order valence-electron chi connectivity index (χ1n) is 8.01. The van der Waals surface area contributed by atoms with Crippen molar-refractivity contribution in [3.63, 3.8) is 0 Å². The Bertz CT molecular complexity index is 727. The van der Waals surface area contributed by atoms with E-state index in [0.29, 0.717) is 0 Å². The molecule has 0 fully saturated rings. The number of nitrogens with zero attached hydrogens (tertiary/aromatic N) is 1. The van der Waals surface area contributed by atoms with Gasteiger partial charge in [0.1, 0.15) is 0 Å². The van der Waals surface area contributed by atoms with Gasteiger partial charge in [-0.3, -0.25) is 4.99 Å². The molecule has 0 amide bonds. The van der Waals surface area contributed by atoms with Gasteiger partial charge >= 0.3 is 0 Å². The zero-order chi connectivity index (χ0) is 17.0. The van der Waals surface area contributed by atoms with Crippen molar-refractivity contribution in [1.82, 2.24) is 0 Å². The average molecular weight is 306 g/mol. The summed E-state index contributed by atoms with van der Waals surface area (Å²) in [5.41, 5.74) is 9.26. The van der Waals surface area contributed by atoms with E-state index in [1.54, 1.807) is 0 Å². The van der Waals surface area contributed by atoms with Gasteiger partial charge in [-0.25, -0.2) is 0 Å². The summed E-state index contributed by atoms with van der Waals surface area (Å²) in [5, 5.41) is 3.50. The number of hydrogen-bond donors (Lipinski definition) is 1. The van der Waals surface area contributed by atoms with Crippen LogP contribution >= 0.6 is 0 Å². The summed E-state index contributed by atoms with van der Waals surface area (Å²) in [6, 6.07) is 12.6. The summed E-state index contributed by atoms with van der Waals surface area (Å²) < 4.78 is 0. The molecule has 2 aromatic rings. The second-order valence-corrected chi connectivity index (χ2v) is 6.21. The van der Waals surface area contributed by atoms with E-state index in [-0.39, 0.29) is 0 Å². The van der Waals surface area contributed by atoms with Gasteiger partial charge in [0.05, 0.1) is 5.69 Å². The van der Waals surface area contributed by atoms with Crippen LogP contribution in [0.3, 0.4) is 0 Å². The molecule has 0 aliphatic rings. The van der Waals surface area contributed by atoms with E-state index in [0.717, 1.165) is 17.1 Å². The van der Waals surface area contributed by atoms with Crippen LogP contribution in [0.4, 0.5) is 11.4 Å². The summed E-state index contributed by atoms with van der Waals surface area (Å²) in [6.07, 6.45) is 2.09. The molecular formula is C21H26N2. The molecule has 2 nitrogen and oxygen atoms in total. The third-order valence-electron chi connectivity index (χ3n) is 3.96. The van der Waals surface area contributed by atoms with Crippen LogP contribution in [0.2, 0.25) is 0 Å². The Hall–Kier alpha value is -2.35. The zero-order valence-electron chi connectivity index (χ0n) is 15.0. The van der Waals surface area contributed by atoms with Crippen LogP contribution < -0.4 is 5.32 Å². The van der Waals surface area contributed by atoms with Crippen LogP contribution in [0, 0.1) is 27.7 Å². The quantitative estimate of drug-likeness (QED) is 0.685. The molecule has 0 bridgehead atoms. The van der Waals surface area contributed by atoms with Crippen molar-refractivity contribution < 1.29 is 0 Å². The first-order valence-corrected chi connectivity index (χ1v) is 8.01.